The van der Waals surface area contributed by atoms with Gasteiger partial charge in [0.25, 0.3) is 10.0 Å². The Labute approximate surface area is 196 Å². The van der Waals surface area contributed by atoms with E-state index in [1.54, 1.807) is 30.5 Å². The van der Waals surface area contributed by atoms with Crippen LogP contribution in [0.5, 0.6) is 0 Å². The maximum Gasteiger partial charge on any atom is 0.309 e. The maximum absolute atomic E-state index is 13.4. The summed E-state index contributed by atoms with van der Waals surface area (Å²) in [5.74, 6) is 0.420. The number of ether oxygens (including phenoxy) is 1. The summed E-state index contributed by atoms with van der Waals surface area (Å²) in [6, 6.07) is 8.73. The minimum atomic E-state index is -3.79. The van der Waals surface area contributed by atoms with Gasteiger partial charge in [0, 0.05) is 24.7 Å². The number of benzene rings is 1. The van der Waals surface area contributed by atoms with E-state index in [1.165, 1.54) is 3.97 Å². The van der Waals surface area contributed by atoms with Gasteiger partial charge in [0.2, 0.25) is 0 Å². The molecule has 0 saturated carbocycles. The molecular weight excluding hydrogens is 494 g/mol. The van der Waals surface area contributed by atoms with Gasteiger partial charge in [0.1, 0.15) is 5.82 Å². The first kappa shape index (κ1) is 22.8. The van der Waals surface area contributed by atoms with Gasteiger partial charge in [-0.15, -0.1) is 0 Å². The largest absolute Gasteiger partial charge is 0.466 e. The molecular formula is C23H26BrN3O4S. The fourth-order valence-corrected chi connectivity index (χ4v) is 5.99. The molecule has 0 N–H and O–H groups in total. The zero-order valence-electron chi connectivity index (χ0n) is 18.3. The number of hydrogen-bond acceptors (Lipinski definition) is 6. The van der Waals surface area contributed by atoms with Crippen LogP contribution in [0.25, 0.3) is 11.0 Å². The SMILES string of the molecule is CCOC(=O)C1CCN(c2nc3c(cc2Br)c(C)cn3S(=O)(=O)c2ccc(C)cc2)CC1. The van der Waals surface area contributed by atoms with Gasteiger partial charge in [-0.05, 0) is 73.3 Å². The molecule has 2 aromatic heterocycles. The van der Waals surface area contributed by atoms with E-state index in [0.717, 1.165) is 21.0 Å². The van der Waals surface area contributed by atoms with Crippen molar-refractivity contribution in [3.63, 3.8) is 0 Å². The van der Waals surface area contributed by atoms with Crippen molar-refractivity contribution >= 4 is 48.8 Å². The number of nitrogens with zero attached hydrogens (tertiary/aromatic N) is 3. The Morgan fingerprint density at radius 2 is 1.84 bits per heavy atom. The van der Waals surface area contributed by atoms with Crippen molar-refractivity contribution in [3.05, 3.63) is 52.1 Å². The molecule has 0 amide bonds. The van der Waals surface area contributed by atoms with E-state index in [-0.39, 0.29) is 16.8 Å². The van der Waals surface area contributed by atoms with Crippen LogP contribution in [0.4, 0.5) is 5.82 Å². The lowest BCUT2D eigenvalue weighted by Crippen LogP contribution is -2.37. The zero-order valence-corrected chi connectivity index (χ0v) is 20.7. The Balaban J connectivity index is 1.70. The Kier molecular flexibility index (Phi) is 6.31. The van der Waals surface area contributed by atoms with E-state index < -0.39 is 10.0 Å². The lowest BCUT2D eigenvalue weighted by molar-refractivity contribution is -0.148. The first-order valence-electron chi connectivity index (χ1n) is 10.6. The number of esters is 1. The molecule has 0 spiro atoms. The number of hydrogen-bond donors (Lipinski definition) is 0. The highest BCUT2D eigenvalue weighted by atomic mass is 79.9. The standard InChI is InChI=1S/C23H26BrN3O4S/c1-4-31-23(28)17-9-11-26(12-10-17)22-20(24)13-19-16(3)14-27(21(19)25-22)32(29,30)18-7-5-15(2)6-8-18/h5-8,13-14,17H,4,9-12H2,1-3H3. The van der Waals surface area contributed by atoms with Crippen LogP contribution in [-0.2, 0) is 19.6 Å². The Morgan fingerprint density at radius 1 is 1.19 bits per heavy atom. The van der Waals surface area contributed by atoms with Crippen LogP contribution in [0.1, 0.15) is 30.9 Å². The maximum atomic E-state index is 13.4. The lowest BCUT2D eigenvalue weighted by atomic mass is 9.97. The second-order valence-corrected chi connectivity index (χ2v) is 10.8. The van der Waals surface area contributed by atoms with Gasteiger partial charge in [-0.2, -0.15) is 0 Å². The number of anilines is 1. The molecule has 32 heavy (non-hydrogen) atoms. The summed E-state index contributed by atoms with van der Waals surface area (Å²) in [5, 5.41) is 0.776. The van der Waals surface area contributed by atoms with Gasteiger partial charge in [-0.3, -0.25) is 4.79 Å². The van der Waals surface area contributed by atoms with Crippen molar-refractivity contribution < 1.29 is 17.9 Å². The minimum Gasteiger partial charge on any atom is -0.466 e. The second-order valence-electron chi connectivity index (χ2n) is 8.10. The molecule has 0 aliphatic carbocycles. The number of fused-ring (bicyclic) bond motifs is 1. The van der Waals surface area contributed by atoms with E-state index in [4.69, 9.17) is 9.72 Å². The summed E-state index contributed by atoms with van der Waals surface area (Å²) >= 11 is 3.61. The molecule has 1 fully saturated rings. The number of piperidine rings is 1. The highest BCUT2D eigenvalue weighted by Crippen LogP contribution is 2.34. The average molecular weight is 520 g/mol. The number of aryl methyl sites for hydroxylation is 2. The van der Waals surface area contributed by atoms with Crippen LogP contribution in [0.2, 0.25) is 0 Å². The average Bonchev–Trinajstić information content (AvgIpc) is 3.10. The topological polar surface area (TPSA) is 81.5 Å². The molecule has 0 radical (unpaired) electrons. The summed E-state index contributed by atoms with van der Waals surface area (Å²) in [6.45, 7) is 7.28. The van der Waals surface area contributed by atoms with Crippen molar-refractivity contribution in [2.75, 3.05) is 24.6 Å². The summed E-state index contributed by atoms with van der Waals surface area (Å²) in [4.78, 5) is 19.2. The number of pyridine rings is 1. The minimum absolute atomic E-state index is 0.110. The van der Waals surface area contributed by atoms with Crippen LogP contribution in [0.15, 0.2) is 45.9 Å². The first-order valence-corrected chi connectivity index (χ1v) is 12.9. The zero-order chi connectivity index (χ0) is 23.0. The molecule has 7 nitrogen and oxygen atoms in total. The summed E-state index contributed by atoms with van der Waals surface area (Å²) in [7, 11) is -3.79. The lowest BCUT2D eigenvalue weighted by Gasteiger charge is -2.32. The van der Waals surface area contributed by atoms with Gasteiger partial charge in [0.05, 0.1) is 21.9 Å². The first-order chi connectivity index (χ1) is 15.2. The van der Waals surface area contributed by atoms with Gasteiger partial charge in [-0.25, -0.2) is 17.4 Å². The molecule has 1 aliphatic heterocycles. The van der Waals surface area contributed by atoms with Crippen LogP contribution in [0.3, 0.4) is 0 Å². The quantitative estimate of drug-likeness (QED) is 0.463. The van der Waals surface area contributed by atoms with E-state index in [0.29, 0.717) is 44.0 Å². The van der Waals surface area contributed by atoms with E-state index in [9.17, 15) is 13.2 Å². The fourth-order valence-electron chi connectivity index (χ4n) is 4.05. The molecule has 0 atom stereocenters. The summed E-state index contributed by atoms with van der Waals surface area (Å²) < 4.78 is 34.0. The molecule has 1 aliphatic rings. The number of carbonyl (C=O) groups excluding carboxylic acids is 1. The third-order valence-electron chi connectivity index (χ3n) is 5.87. The number of rotatable bonds is 5. The van der Waals surface area contributed by atoms with E-state index >= 15 is 0 Å². The van der Waals surface area contributed by atoms with Gasteiger partial charge in [-0.1, -0.05) is 17.7 Å². The van der Waals surface area contributed by atoms with Gasteiger partial charge >= 0.3 is 5.97 Å². The third-order valence-corrected chi connectivity index (χ3v) is 8.12. The van der Waals surface area contributed by atoms with Crippen LogP contribution >= 0.6 is 15.9 Å². The Bertz CT molecular complexity index is 1260. The molecule has 170 valence electrons. The second kappa shape index (κ2) is 8.86. The number of carbonyl (C=O) groups is 1. The molecule has 9 heteroatoms. The number of halogens is 1. The van der Waals surface area contributed by atoms with E-state index in [1.807, 2.05) is 26.8 Å². The normalized spacial score (nSPS) is 15.3. The third kappa shape index (κ3) is 4.15. The fraction of sp³-hybridized carbons (Fsp3) is 0.391. The monoisotopic (exact) mass is 519 g/mol. The van der Waals surface area contributed by atoms with Crippen molar-refractivity contribution in [2.45, 2.75) is 38.5 Å². The van der Waals surface area contributed by atoms with Crippen LogP contribution in [-0.4, -0.2) is 43.0 Å². The Morgan fingerprint density at radius 3 is 2.47 bits per heavy atom. The molecule has 0 bridgehead atoms. The molecule has 4 rings (SSSR count). The summed E-state index contributed by atoms with van der Waals surface area (Å²) in [6.07, 6.45) is 2.97. The predicted octanol–water partition coefficient (Wildman–Crippen LogP) is 4.43. The van der Waals surface area contributed by atoms with Crippen molar-refractivity contribution in [1.29, 1.82) is 0 Å². The highest BCUT2D eigenvalue weighted by molar-refractivity contribution is 9.10. The van der Waals surface area contributed by atoms with Crippen molar-refractivity contribution in [2.24, 2.45) is 5.92 Å². The molecule has 3 heterocycles. The molecule has 1 aromatic carbocycles. The van der Waals surface area contributed by atoms with Gasteiger partial charge in [0.15, 0.2) is 5.65 Å². The van der Waals surface area contributed by atoms with Crippen LogP contribution < -0.4 is 4.90 Å². The predicted molar refractivity (Wildman–Crippen MR) is 128 cm³/mol. The molecule has 0 unspecified atom stereocenters. The summed E-state index contributed by atoms with van der Waals surface area (Å²) in [5.41, 5.74) is 2.22. The van der Waals surface area contributed by atoms with Crippen molar-refractivity contribution in [3.8, 4) is 0 Å². The van der Waals surface area contributed by atoms with Gasteiger partial charge < -0.3 is 9.64 Å². The van der Waals surface area contributed by atoms with Crippen molar-refractivity contribution in [1.82, 2.24) is 8.96 Å². The van der Waals surface area contributed by atoms with E-state index in [2.05, 4.69) is 20.8 Å². The van der Waals surface area contributed by atoms with Crippen LogP contribution in [0, 0.1) is 19.8 Å². The highest BCUT2D eigenvalue weighted by Gasteiger charge is 2.29. The number of aromatic nitrogens is 2. The Hall–Kier alpha value is -2.39. The smallest absolute Gasteiger partial charge is 0.309 e. The molecule has 3 aromatic rings. The molecule has 1 saturated heterocycles.